The first-order valence-corrected chi connectivity index (χ1v) is 36.4. The zero-order chi connectivity index (χ0) is 59.9. The van der Waals surface area contributed by atoms with Crippen LogP contribution in [0.4, 0.5) is 0 Å². The van der Waals surface area contributed by atoms with Gasteiger partial charge in [0.2, 0.25) is 0 Å². The lowest BCUT2D eigenvalue weighted by Crippen LogP contribution is -2.30. The number of carbonyl (C=O) groups is 3. The van der Waals surface area contributed by atoms with Crippen molar-refractivity contribution in [2.45, 2.75) is 386 Å². The molecule has 0 fully saturated rings. The summed E-state index contributed by atoms with van der Waals surface area (Å²) >= 11 is 0. The van der Waals surface area contributed by atoms with E-state index in [9.17, 15) is 14.4 Å². The predicted octanol–water partition coefficient (Wildman–Crippen LogP) is 25.2. The molecule has 0 aromatic rings. The van der Waals surface area contributed by atoms with E-state index in [4.69, 9.17) is 14.2 Å². The van der Waals surface area contributed by atoms with Crippen LogP contribution in [0.1, 0.15) is 380 Å². The van der Waals surface area contributed by atoms with E-state index >= 15 is 0 Å². The van der Waals surface area contributed by atoms with Crippen molar-refractivity contribution >= 4 is 17.9 Å². The van der Waals surface area contributed by atoms with Crippen LogP contribution in [0.2, 0.25) is 0 Å². The molecule has 0 aromatic heterocycles. The minimum atomic E-state index is -0.778. The molecule has 6 nitrogen and oxygen atoms in total. The third-order valence-electron chi connectivity index (χ3n) is 16.2. The molecule has 0 bridgehead atoms. The second-order valence-electron chi connectivity index (χ2n) is 24.5. The number of hydrogen-bond acceptors (Lipinski definition) is 6. The Hall–Kier alpha value is -3.15. The summed E-state index contributed by atoms with van der Waals surface area (Å²) in [4.78, 5) is 38.5. The lowest BCUT2D eigenvalue weighted by molar-refractivity contribution is -0.167. The quantitative estimate of drug-likeness (QED) is 0.0261. The molecule has 0 rings (SSSR count). The highest BCUT2D eigenvalue weighted by Gasteiger charge is 2.19. The summed E-state index contributed by atoms with van der Waals surface area (Å²) in [5, 5.41) is 0. The number of unbranched alkanes of at least 4 members (excludes halogenated alkanes) is 44. The molecule has 0 saturated carbocycles. The van der Waals surface area contributed by atoms with Crippen molar-refractivity contribution in [3.8, 4) is 0 Å². The van der Waals surface area contributed by atoms with Crippen molar-refractivity contribution < 1.29 is 28.6 Å². The Balaban J connectivity index is 4.33. The van der Waals surface area contributed by atoms with Crippen LogP contribution in [0.5, 0.6) is 0 Å². The second-order valence-corrected chi connectivity index (χ2v) is 24.5. The third-order valence-corrected chi connectivity index (χ3v) is 16.2. The maximum Gasteiger partial charge on any atom is 0.306 e. The maximum atomic E-state index is 13.0. The molecule has 1 atom stereocenters. The summed E-state index contributed by atoms with van der Waals surface area (Å²) in [6, 6.07) is 0. The predicted molar refractivity (Wildman–Crippen MR) is 362 cm³/mol. The minimum absolute atomic E-state index is 0.0719. The van der Waals surface area contributed by atoms with E-state index in [0.717, 1.165) is 103 Å². The zero-order valence-electron chi connectivity index (χ0n) is 55.5. The van der Waals surface area contributed by atoms with Gasteiger partial charge in [-0.25, -0.2) is 0 Å². The van der Waals surface area contributed by atoms with Crippen LogP contribution in [-0.2, 0) is 28.6 Å². The van der Waals surface area contributed by atoms with Gasteiger partial charge >= 0.3 is 17.9 Å². The topological polar surface area (TPSA) is 78.9 Å². The Morgan fingerprint density at radius 2 is 0.470 bits per heavy atom. The molecular formula is C77H138O6. The first-order valence-electron chi connectivity index (χ1n) is 36.4. The second kappa shape index (κ2) is 71.3. The van der Waals surface area contributed by atoms with Gasteiger partial charge in [0.25, 0.3) is 0 Å². The van der Waals surface area contributed by atoms with Gasteiger partial charge in [-0.05, 0) is 70.6 Å². The van der Waals surface area contributed by atoms with Crippen molar-refractivity contribution in [2.24, 2.45) is 0 Å². The summed E-state index contributed by atoms with van der Waals surface area (Å²) in [5.74, 6) is -0.853. The average molecular weight is 1160 g/mol. The molecule has 0 heterocycles. The molecule has 83 heavy (non-hydrogen) atoms. The standard InChI is InChI=1S/C77H138O6/c1-4-7-10-13-16-19-22-25-28-31-34-36-37-38-39-40-41-42-44-46-49-52-55-58-61-64-67-70-76(79)82-73-74(72-81-75(78)69-66-63-60-57-54-51-48-45-33-30-27-24-21-18-15-12-9-6-3)83-77(80)71-68-65-62-59-56-53-50-47-43-35-32-29-26-23-20-17-14-11-8-5-2/h7,10,16,19,25,28,34,36,38-39,41-42,74H,4-6,8-9,11-15,17-18,20-24,26-27,29-33,35,37,40,43-73H2,1-3H3/b10-7-,19-16-,28-25-,36-34-,39-38-,42-41-. The van der Waals surface area contributed by atoms with Gasteiger partial charge in [0, 0.05) is 19.3 Å². The van der Waals surface area contributed by atoms with Crippen molar-refractivity contribution in [2.75, 3.05) is 13.2 Å². The fourth-order valence-electron chi connectivity index (χ4n) is 10.8. The van der Waals surface area contributed by atoms with Crippen LogP contribution < -0.4 is 0 Å². The number of rotatable bonds is 67. The van der Waals surface area contributed by atoms with Crippen molar-refractivity contribution in [3.05, 3.63) is 72.9 Å². The lowest BCUT2D eigenvalue weighted by atomic mass is 10.0. The molecule has 0 aromatic carbocycles. The maximum absolute atomic E-state index is 13.0. The minimum Gasteiger partial charge on any atom is -0.462 e. The van der Waals surface area contributed by atoms with Crippen LogP contribution in [0.25, 0.3) is 0 Å². The van der Waals surface area contributed by atoms with Crippen LogP contribution >= 0.6 is 0 Å². The Bertz CT molecular complexity index is 1520. The lowest BCUT2D eigenvalue weighted by Gasteiger charge is -2.18. The number of carbonyl (C=O) groups excluding carboxylic acids is 3. The van der Waals surface area contributed by atoms with Gasteiger partial charge in [-0.15, -0.1) is 0 Å². The van der Waals surface area contributed by atoms with Crippen molar-refractivity contribution in [1.29, 1.82) is 0 Å². The van der Waals surface area contributed by atoms with Crippen LogP contribution in [0.3, 0.4) is 0 Å². The summed E-state index contributed by atoms with van der Waals surface area (Å²) in [5.41, 5.74) is 0. The SMILES string of the molecule is CC/C=C\C/C=C\C/C=C\C/C=C\C/C=C\C/C=C\CCCCCCCCCCC(=O)OCC(COC(=O)CCCCCCCCCCCCCCCCCCCC)OC(=O)CCCCCCCCCCCCCCCCCCCCCC. The fourth-order valence-corrected chi connectivity index (χ4v) is 10.8. The van der Waals surface area contributed by atoms with Crippen LogP contribution in [0, 0.1) is 0 Å². The number of allylic oxidation sites excluding steroid dienone is 12. The van der Waals surface area contributed by atoms with Gasteiger partial charge in [-0.1, -0.05) is 363 Å². The van der Waals surface area contributed by atoms with E-state index in [1.54, 1.807) is 0 Å². The first-order chi connectivity index (χ1) is 41.0. The summed E-state index contributed by atoms with van der Waals surface area (Å²) in [7, 11) is 0. The van der Waals surface area contributed by atoms with Gasteiger partial charge in [0.1, 0.15) is 13.2 Å². The Morgan fingerprint density at radius 3 is 0.735 bits per heavy atom. The summed E-state index contributed by atoms with van der Waals surface area (Å²) in [6.45, 7) is 6.59. The molecule has 0 aliphatic rings. The van der Waals surface area contributed by atoms with Crippen molar-refractivity contribution in [3.63, 3.8) is 0 Å². The summed E-state index contributed by atoms with van der Waals surface area (Å²) < 4.78 is 17.0. The van der Waals surface area contributed by atoms with Crippen LogP contribution in [-0.4, -0.2) is 37.2 Å². The molecule has 6 heteroatoms. The van der Waals surface area contributed by atoms with Gasteiger partial charge in [0.15, 0.2) is 6.10 Å². The molecule has 482 valence electrons. The number of esters is 3. The molecule has 0 aliphatic carbocycles. The molecule has 0 aliphatic heterocycles. The average Bonchev–Trinajstić information content (AvgIpc) is 3.49. The van der Waals surface area contributed by atoms with E-state index in [0.29, 0.717) is 19.3 Å². The highest BCUT2D eigenvalue weighted by molar-refractivity contribution is 5.71. The highest BCUT2D eigenvalue weighted by atomic mass is 16.6. The van der Waals surface area contributed by atoms with E-state index < -0.39 is 6.10 Å². The Labute approximate surface area is 516 Å². The van der Waals surface area contributed by atoms with E-state index in [1.165, 1.54) is 238 Å². The number of hydrogen-bond donors (Lipinski definition) is 0. The Morgan fingerprint density at radius 1 is 0.253 bits per heavy atom. The van der Waals surface area contributed by atoms with Crippen LogP contribution in [0.15, 0.2) is 72.9 Å². The fraction of sp³-hybridized carbons (Fsp3) is 0.805. The molecule has 0 N–H and O–H groups in total. The molecule has 1 unspecified atom stereocenters. The molecular weight excluding hydrogens is 1020 g/mol. The molecule has 0 saturated heterocycles. The molecule has 0 spiro atoms. The molecule has 0 radical (unpaired) electrons. The van der Waals surface area contributed by atoms with Gasteiger partial charge in [-0.3, -0.25) is 14.4 Å². The third kappa shape index (κ3) is 69.5. The van der Waals surface area contributed by atoms with Gasteiger partial charge < -0.3 is 14.2 Å². The number of ether oxygens (including phenoxy) is 3. The van der Waals surface area contributed by atoms with E-state index in [2.05, 4.69) is 93.7 Å². The largest absolute Gasteiger partial charge is 0.462 e. The smallest absolute Gasteiger partial charge is 0.306 e. The highest BCUT2D eigenvalue weighted by Crippen LogP contribution is 2.18. The zero-order valence-corrected chi connectivity index (χ0v) is 55.5. The van der Waals surface area contributed by atoms with E-state index in [-0.39, 0.29) is 31.1 Å². The first kappa shape index (κ1) is 79.8. The van der Waals surface area contributed by atoms with Gasteiger partial charge in [0.05, 0.1) is 0 Å². The van der Waals surface area contributed by atoms with Gasteiger partial charge in [-0.2, -0.15) is 0 Å². The normalized spacial score (nSPS) is 12.5. The molecule has 0 amide bonds. The Kier molecular flexibility index (Phi) is 68.6. The van der Waals surface area contributed by atoms with Crippen molar-refractivity contribution in [1.82, 2.24) is 0 Å². The summed E-state index contributed by atoms with van der Waals surface area (Å²) in [6.07, 6.45) is 93.5. The van der Waals surface area contributed by atoms with E-state index in [1.807, 2.05) is 0 Å². The monoisotopic (exact) mass is 1160 g/mol.